The fourth-order valence-corrected chi connectivity index (χ4v) is 3.23. The molecule has 9 heteroatoms. The topological polar surface area (TPSA) is 71.2 Å². The number of aromatic amines is 1. The lowest BCUT2D eigenvalue weighted by molar-refractivity contribution is -0.139. The number of pyridine rings is 1. The lowest BCUT2D eigenvalue weighted by atomic mass is 9.96. The van der Waals surface area contributed by atoms with Crippen molar-refractivity contribution < 1.29 is 22.7 Å². The molecule has 1 saturated heterocycles. The summed E-state index contributed by atoms with van der Waals surface area (Å²) in [5.74, 6) is -0.417. The van der Waals surface area contributed by atoms with Gasteiger partial charge in [-0.15, -0.1) is 0 Å². The van der Waals surface area contributed by atoms with Crippen LogP contribution in [0.5, 0.6) is 5.75 Å². The van der Waals surface area contributed by atoms with E-state index in [2.05, 4.69) is 10.3 Å². The maximum Gasteiger partial charge on any atom is 0.419 e. The van der Waals surface area contributed by atoms with Crippen molar-refractivity contribution in [2.75, 3.05) is 6.61 Å². The smallest absolute Gasteiger partial charge is 0.419 e. The molecule has 1 amide bonds. The zero-order valence-electron chi connectivity index (χ0n) is 15.4. The number of H-pyrrole nitrogens is 1. The average Bonchev–Trinajstić information content (AvgIpc) is 3.07. The largest absolute Gasteiger partial charge is 0.493 e. The Morgan fingerprint density at radius 3 is 2.62 bits per heavy atom. The van der Waals surface area contributed by atoms with Crippen LogP contribution in [0, 0.1) is 0 Å². The summed E-state index contributed by atoms with van der Waals surface area (Å²) in [5.41, 5.74) is -0.626. The van der Waals surface area contributed by atoms with Gasteiger partial charge in [0, 0.05) is 23.7 Å². The first-order valence-electron chi connectivity index (χ1n) is 8.94. The van der Waals surface area contributed by atoms with E-state index in [0.717, 1.165) is 6.07 Å². The molecule has 1 aromatic carbocycles. The Morgan fingerprint density at radius 1 is 1.28 bits per heavy atom. The van der Waals surface area contributed by atoms with Crippen LogP contribution in [0.3, 0.4) is 0 Å². The zero-order chi connectivity index (χ0) is 21.2. The molecule has 0 spiro atoms. The monoisotopic (exact) mass is 426 g/mol. The second kappa shape index (κ2) is 8.32. The van der Waals surface area contributed by atoms with Crippen LogP contribution in [-0.2, 0) is 11.0 Å². The van der Waals surface area contributed by atoms with Gasteiger partial charge in [0.25, 0.3) is 5.56 Å². The summed E-state index contributed by atoms with van der Waals surface area (Å²) in [4.78, 5) is 26.1. The molecule has 2 heterocycles. The third kappa shape index (κ3) is 4.82. The highest BCUT2D eigenvalue weighted by atomic mass is 35.5. The van der Waals surface area contributed by atoms with E-state index in [9.17, 15) is 22.8 Å². The molecule has 1 aromatic heterocycles. The predicted octanol–water partition coefficient (Wildman–Crippen LogP) is 4.16. The van der Waals surface area contributed by atoms with E-state index in [4.69, 9.17) is 16.3 Å². The van der Waals surface area contributed by atoms with Gasteiger partial charge in [-0.2, -0.15) is 13.2 Å². The van der Waals surface area contributed by atoms with Crippen LogP contribution >= 0.6 is 11.6 Å². The minimum atomic E-state index is -4.62. The first-order chi connectivity index (χ1) is 13.7. The van der Waals surface area contributed by atoms with E-state index >= 15 is 0 Å². The maximum absolute atomic E-state index is 13.6. The van der Waals surface area contributed by atoms with Crippen LogP contribution in [0.4, 0.5) is 13.2 Å². The third-order valence-electron chi connectivity index (χ3n) is 4.44. The van der Waals surface area contributed by atoms with Crippen LogP contribution in [0.1, 0.15) is 36.6 Å². The second-order valence-corrected chi connectivity index (χ2v) is 6.89. The molecule has 0 aliphatic carbocycles. The molecular formula is C20H18ClF3N2O3. The van der Waals surface area contributed by atoms with Gasteiger partial charge in [0.1, 0.15) is 10.8 Å². The van der Waals surface area contributed by atoms with Crippen LogP contribution in [-0.4, -0.2) is 23.5 Å². The number of ether oxygens (including phenoxy) is 1. The van der Waals surface area contributed by atoms with Gasteiger partial charge >= 0.3 is 6.18 Å². The van der Waals surface area contributed by atoms with Crippen molar-refractivity contribution in [3.63, 3.8) is 0 Å². The van der Waals surface area contributed by atoms with E-state index in [1.165, 1.54) is 24.3 Å². The molecule has 0 bridgehead atoms. The Bertz CT molecular complexity index is 1010. The number of carbonyl (C=O) groups is 1. The fraction of sp³-hybridized carbons (Fsp3) is 0.300. The number of rotatable bonds is 5. The number of hydrogen-bond acceptors (Lipinski definition) is 3. The number of benzene rings is 1. The highest BCUT2D eigenvalue weighted by Gasteiger charge is 2.35. The molecule has 1 fully saturated rings. The normalized spacial score (nSPS) is 17.3. The molecule has 29 heavy (non-hydrogen) atoms. The van der Waals surface area contributed by atoms with Gasteiger partial charge < -0.3 is 15.0 Å². The molecule has 0 unspecified atom stereocenters. The SMILES string of the molecule is CCOc1ccc(/C(=C/[C@H]2CCC(=O)N2)c2ccc(Cl)c(=O)[nH]2)cc1C(F)(F)F. The lowest BCUT2D eigenvalue weighted by Gasteiger charge is -2.17. The van der Waals surface area contributed by atoms with E-state index in [-0.39, 0.29) is 40.6 Å². The number of alkyl halides is 3. The van der Waals surface area contributed by atoms with E-state index < -0.39 is 17.3 Å². The van der Waals surface area contributed by atoms with Crippen LogP contribution < -0.4 is 15.6 Å². The fourth-order valence-electron chi connectivity index (χ4n) is 3.12. The van der Waals surface area contributed by atoms with Crippen molar-refractivity contribution in [3.8, 4) is 5.75 Å². The number of nitrogens with one attached hydrogen (secondary N) is 2. The highest BCUT2D eigenvalue weighted by molar-refractivity contribution is 6.30. The third-order valence-corrected chi connectivity index (χ3v) is 4.74. The number of aromatic nitrogens is 1. The van der Waals surface area contributed by atoms with Crippen molar-refractivity contribution in [3.05, 3.63) is 68.6 Å². The van der Waals surface area contributed by atoms with Crippen LogP contribution in [0.2, 0.25) is 5.02 Å². The first-order valence-corrected chi connectivity index (χ1v) is 9.31. The maximum atomic E-state index is 13.6. The molecule has 1 aliphatic rings. The lowest BCUT2D eigenvalue weighted by Crippen LogP contribution is -2.23. The predicted molar refractivity (Wildman–Crippen MR) is 103 cm³/mol. The molecule has 154 valence electrons. The molecule has 1 atom stereocenters. The molecular weight excluding hydrogens is 409 g/mol. The molecule has 0 saturated carbocycles. The Hall–Kier alpha value is -2.74. The number of hydrogen-bond donors (Lipinski definition) is 2. The summed E-state index contributed by atoms with van der Waals surface area (Å²) in [6.45, 7) is 1.68. The van der Waals surface area contributed by atoms with Gasteiger partial charge in [0.05, 0.1) is 12.2 Å². The number of halogens is 4. The van der Waals surface area contributed by atoms with Gasteiger partial charge in [-0.25, -0.2) is 0 Å². The minimum absolute atomic E-state index is 0.0371. The van der Waals surface area contributed by atoms with E-state index in [1.54, 1.807) is 13.0 Å². The van der Waals surface area contributed by atoms with Crippen molar-refractivity contribution in [1.82, 2.24) is 10.3 Å². The number of carbonyl (C=O) groups excluding carboxylic acids is 1. The van der Waals surface area contributed by atoms with Crippen molar-refractivity contribution >= 4 is 23.1 Å². The standard InChI is InChI=1S/C20H18ClF3N2O3/c1-2-29-17-7-3-11(9-14(17)20(22,23)24)13(10-12-4-8-18(27)25-12)16-6-5-15(21)19(28)26-16/h3,5-7,9-10,12H,2,4,8H2,1H3,(H,25,27)(H,26,28)/b13-10-/t12-/m1/s1. The molecule has 2 N–H and O–H groups in total. The summed E-state index contributed by atoms with van der Waals surface area (Å²) in [5, 5.41) is 2.71. The zero-order valence-corrected chi connectivity index (χ0v) is 16.2. The summed E-state index contributed by atoms with van der Waals surface area (Å²) in [7, 11) is 0. The molecule has 3 rings (SSSR count). The van der Waals surface area contributed by atoms with Crippen molar-refractivity contribution in [1.29, 1.82) is 0 Å². The van der Waals surface area contributed by atoms with Crippen molar-refractivity contribution in [2.24, 2.45) is 0 Å². The quantitative estimate of drug-likeness (QED) is 0.754. The van der Waals surface area contributed by atoms with Gasteiger partial charge in [0.2, 0.25) is 5.91 Å². The number of amides is 1. The molecule has 1 aliphatic heterocycles. The van der Waals surface area contributed by atoms with Crippen LogP contribution in [0.25, 0.3) is 5.57 Å². The Labute approximate surface area is 169 Å². The van der Waals surface area contributed by atoms with E-state index in [1.807, 2.05) is 0 Å². The molecule has 5 nitrogen and oxygen atoms in total. The summed E-state index contributed by atoms with van der Waals surface area (Å²) >= 11 is 5.78. The van der Waals surface area contributed by atoms with Gasteiger partial charge in [-0.3, -0.25) is 9.59 Å². The Morgan fingerprint density at radius 2 is 2.03 bits per heavy atom. The Balaban J connectivity index is 2.15. The molecule has 0 radical (unpaired) electrons. The van der Waals surface area contributed by atoms with Gasteiger partial charge in [0.15, 0.2) is 0 Å². The summed E-state index contributed by atoms with van der Waals surface area (Å²) < 4.78 is 45.8. The Kier molecular flexibility index (Phi) is 6.02. The summed E-state index contributed by atoms with van der Waals surface area (Å²) in [6, 6.07) is 6.22. The van der Waals surface area contributed by atoms with E-state index in [0.29, 0.717) is 18.4 Å². The minimum Gasteiger partial charge on any atom is -0.493 e. The molecule has 2 aromatic rings. The highest BCUT2D eigenvalue weighted by Crippen LogP contribution is 2.39. The summed E-state index contributed by atoms with van der Waals surface area (Å²) in [6.07, 6.45) is -2.16. The second-order valence-electron chi connectivity index (χ2n) is 6.48. The first kappa shape index (κ1) is 21.0. The van der Waals surface area contributed by atoms with Gasteiger partial charge in [-0.05, 0) is 43.2 Å². The van der Waals surface area contributed by atoms with Crippen molar-refractivity contribution in [2.45, 2.75) is 32.0 Å². The average molecular weight is 427 g/mol. The van der Waals surface area contributed by atoms with Crippen LogP contribution in [0.15, 0.2) is 41.2 Å². The van der Waals surface area contributed by atoms with Gasteiger partial charge in [-0.1, -0.05) is 23.7 Å².